The van der Waals surface area contributed by atoms with Gasteiger partial charge in [-0.3, -0.25) is 0 Å². The maximum Gasteiger partial charge on any atom is 0.248 e. The Hall–Kier alpha value is -0.140. The second-order valence-electron chi connectivity index (χ2n) is 4.85. The normalized spacial score (nSPS) is 23.8. The van der Waals surface area contributed by atoms with E-state index in [0.717, 1.165) is 12.8 Å². The Bertz CT molecular complexity index is 153. The molecule has 2 heteroatoms. The number of alkyl halides is 2. The van der Waals surface area contributed by atoms with Crippen LogP contribution in [0.25, 0.3) is 0 Å². The van der Waals surface area contributed by atoms with E-state index in [-0.39, 0.29) is 24.2 Å². The van der Waals surface area contributed by atoms with E-state index in [9.17, 15) is 8.78 Å². The lowest BCUT2D eigenvalue weighted by molar-refractivity contribution is -0.119. The Morgan fingerprint density at radius 1 is 1.33 bits per heavy atom. The highest BCUT2D eigenvalue weighted by atomic mass is 19.3. The molecule has 0 aromatic heterocycles. The van der Waals surface area contributed by atoms with E-state index in [0.29, 0.717) is 0 Å². The average molecular weight is 176 g/mol. The van der Waals surface area contributed by atoms with Gasteiger partial charge in [-0.25, -0.2) is 8.78 Å². The standard InChI is InChI=1S/C10H18F2/c1-4-9(2,3)5-8-6-10(11,12)7-8/h8H,4-7H2,1-3H3. The fourth-order valence-electron chi connectivity index (χ4n) is 1.86. The topological polar surface area (TPSA) is 0 Å². The van der Waals surface area contributed by atoms with E-state index < -0.39 is 5.92 Å². The molecule has 1 aliphatic rings. The van der Waals surface area contributed by atoms with Crippen LogP contribution in [-0.4, -0.2) is 5.92 Å². The maximum atomic E-state index is 12.5. The van der Waals surface area contributed by atoms with Gasteiger partial charge in [-0.15, -0.1) is 0 Å². The van der Waals surface area contributed by atoms with E-state index in [4.69, 9.17) is 0 Å². The number of hydrogen-bond donors (Lipinski definition) is 0. The van der Waals surface area contributed by atoms with Crippen molar-refractivity contribution < 1.29 is 8.78 Å². The summed E-state index contributed by atoms with van der Waals surface area (Å²) in [5.41, 5.74) is 0.251. The van der Waals surface area contributed by atoms with Gasteiger partial charge in [-0.1, -0.05) is 27.2 Å². The molecular formula is C10H18F2. The van der Waals surface area contributed by atoms with E-state index in [1.807, 2.05) is 0 Å². The molecule has 0 aromatic rings. The SMILES string of the molecule is CCC(C)(C)CC1CC(F)(F)C1. The first-order chi connectivity index (χ1) is 5.35. The Labute approximate surface area is 73.3 Å². The summed E-state index contributed by atoms with van der Waals surface area (Å²) < 4.78 is 24.9. The molecule has 0 saturated heterocycles. The van der Waals surface area contributed by atoms with Crippen molar-refractivity contribution in [2.24, 2.45) is 11.3 Å². The maximum absolute atomic E-state index is 12.5. The third kappa shape index (κ3) is 2.43. The van der Waals surface area contributed by atoms with Crippen LogP contribution in [0.5, 0.6) is 0 Å². The first-order valence-corrected chi connectivity index (χ1v) is 4.72. The number of halogens is 2. The highest BCUT2D eigenvalue weighted by Crippen LogP contribution is 2.47. The molecule has 1 aliphatic carbocycles. The summed E-state index contributed by atoms with van der Waals surface area (Å²) in [6.07, 6.45) is 2.28. The second kappa shape index (κ2) is 2.97. The summed E-state index contributed by atoms with van der Waals surface area (Å²) in [5, 5.41) is 0. The molecule has 0 N–H and O–H groups in total. The van der Waals surface area contributed by atoms with Crippen LogP contribution in [-0.2, 0) is 0 Å². The lowest BCUT2D eigenvalue weighted by Crippen LogP contribution is -2.37. The Balaban J connectivity index is 2.27. The van der Waals surface area contributed by atoms with Crippen molar-refractivity contribution in [3.63, 3.8) is 0 Å². The molecule has 0 radical (unpaired) electrons. The van der Waals surface area contributed by atoms with Crippen LogP contribution >= 0.6 is 0 Å². The van der Waals surface area contributed by atoms with Gasteiger partial charge in [-0.2, -0.15) is 0 Å². The van der Waals surface area contributed by atoms with Crippen molar-refractivity contribution in [1.29, 1.82) is 0 Å². The zero-order chi connectivity index (χ0) is 9.41. The van der Waals surface area contributed by atoms with Crippen LogP contribution in [0.1, 0.15) is 46.5 Å². The van der Waals surface area contributed by atoms with E-state index in [1.165, 1.54) is 0 Å². The fourth-order valence-corrected chi connectivity index (χ4v) is 1.86. The molecule has 0 spiro atoms. The first kappa shape index (κ1) is 9.94. The van der Waals surface area contributed by atoms with Gasteiger partial charge in [0.1, 0.15) is 0 Å². The lowest BCUT2D eigenvalue weighted by Gasteiger charge is -2.39. The molecular weight excluding hydrogens is 158 g/mol. The molecule has 1 rings (SSSR count). The summed E-state index contributed by atoms with van der Waals surface area (Å²) in [4.78, 5) is 0. The van der Waals surface area contributed by atoms with E-state index in [2.05, 4.69) is 20.8 Å². The summed E-state index contributed by atoms with van der Waals surface area (Å²) in [7, 11) is 0. The fraction of sp³-hybridized carbons (Fsp3) is 1.00. The minimum Gasteiger partial charge on any atom is -0.207 e. The van der Waals surface area contributed by atoms with Gasteiger partial charge < -0.3 is 0 Å². The van der Waals surface area contributed by atoms with Crippen LogP contribution in [0, 0.1) is 11.3 Å². The molecule has 0 amide bonds. The van der Waals surface area contributed by atoms with Gasteiger partial charge in [0.05, 0.1) is 0 Å². The Morgan fingerprint density at radius 3 is 2.17 bits per heavy atom. The van der Waals surface area contributed by atoms with Crippen LogP contribution in [0.15, 0.2) is 0 Å². The van der Waals surface area contributed by atoms with Crippen molar-refractivity contribution in [3.05, 3.63) is 0 Å². The van der Waals surface area contributed by atoms with Crippen molar-refractivity contribution in [1.82, 2.24) is 0 Å². The molecule has 0 nitrogen and oxygen atoms in total. The van der Waals surface area contributed by atoms with Gasteiger partial charge in [0.2, 0.25) is 5.92 Å². The van der Waals surface area contributed by atoms with Crippen molar-refractivity contribution >= 4 is 0 Å². The molecule has 1 fully saturated rings. The van der Waals surface area contributed by atoms with E-state index >= 15 is 0 Å². The predicted octanol–water partition coefficient (Wildman–Crippen LogP) is 3.86. The summed E-state index contributed by atoms with van der Waals surface area (Å²) in [5.74, 6) is -2.07. The molecule has 1 saturated carbocycles. The minimum atomic E-state index is -2.34. The molecule has 0 bridgehead atoms. The third-order valence-electron chi connectivity index (χ3n) is 2.97. The second-order valence-corrected chi connectivity index (χ2v) is 4.85. The average Bonchev–Trinajstić information content (AvgIpc) is 1.83. The van der Waals surface area contributed by atoms with Gasteiger partial charge in [0.25, 0.3) is 0 Å². The molecule has 12 heavy (non-hydrogen) atoms. The van der Waals surface area contributed by atoms with E-state index in [1.54, 1.807) is 0 Å². The van der Waals surface area contributed by atoms with Crippen LogP contribution in [0.3, 0.4) is 0 Å². The minimum absolute atomic E-state index is 0.121. The van der Waals surface area contributed by atoms with Crippen molar-refractivity contribution in [3.8, 4) is 0 Å². The zero-order valence-corrected chi connectivity index (χ0v) is 8.16. The molecule has 0 aromatic carbocycles. The number of hydrogen-bond acceptors (Lipinski definition) is 0. The molecule has 72 valence electrons. The van der Waals surface area contributed by atoms with Gasteiger partial charge >= 0.3 is 0 Å². The quantitative estimate of drug-likeness (QED) is 0.612. The summed E-state index contributed by atoms with van der Waals surface area (Å²) in [6.45, 7) is 6.43. The highest BCUT2D eigenvalue weighted by Gasteiger charge is 2.46. The van der Waals surface area contributed by atoms with Crippen LogP contribution in [0.4, 0.5) is 8.78 Å². The molecule has 0 heterocycles. The Kier molecular flexibility index (Phi) is 2.46. The predicted molar refractivity (Wildman–Crippen MR) is 46.4 cm³/mol. The van der Waals surface area contributed by atoms with Crippen LogP contribution < -0.4 is 0 Å². The van der Waals surface area contributed by atoms with Crippen molar-refractivity contribution in [2.75, 3.05) is 0 Å². The highest BCUT2D eigenvalue weighted by molar-refractivity contribution is 4.88. The smallest absolute Gasteiger partial charge is 0.207 e. The Morgan fingerprint density at radius 2 is 1.83 bits per heavy atom. The zero-order valence-electron chi connectivity index (χ0n) is 8.16. The molecule has 0 atom stereocenters. The van der Waals surface area contributed by atoms with Crippen molar-refractivity contribution in [2.45, 2.75) is 52.4 Å². The summed E-state index contributed by atoms with van der Waals surface area (Å²) >= 11 is 0. The monoisotopic (exact) mass is 176 g/mol. The van der Waals surface area contributed by atoms with Gasteiger partial charge in [0, 0.05) is 12.8 Å². The lowest BCUT2D eigenvalue weighted by atomic mass is 9.70. The third-order valence-corrected chi connectivity index (χ3v) is 2.97. The van der Waals surface area contributed by atoms with Crippen LogP contribution in [0.2, 0.25) is 0 Å². The summed E-state index contributed by atoms with van der Waals surface area (Å²) in [6, 6.07) is 0. The molecule has 0 unspecified atom stereocenters. The van der Waals surface area contributed by atoms with Gasteiger partial charge in [-0.05, 0) is 17.8 Å². The van der Waals surface area contributed by atoms with Gasteiger partial charge in [0.15, 0.2) is 0 Å². The number of rotatable bonds is 3. The molecule has 0 aliphatic heterocycles. The first-order valence-electron chi connectivity index (χ1n) is 4.72. The largest absolute Gasteiger partial charge is 0.248 e.